The molecule has 0 aliphatic carbocycles. The lowest BCUT2D eigenvalue weighted by molar-refractivity contribution is 0.0688. The number of nitriles is 1. The van der Waals surface area contributed by atoms with Crippen LogP contribution in [0.25, 0.3) is 0 Å². The number of alkyl halides is 2. The molecular weight excluding hydrogens is 208 g/mol. The van der Waals surface area contributed by atoms with Gasteiger partial charge in [-0.25, -0.2) is 18.6 Å². The Morgan fingerprint density at radius 3 is 2.67 bits per heavy atom. The van der Waals surface area contributed by atoms with Crippen molar-refractivity contribution in [1.82, 2.24) is 4.98 Å². The second kappa shape index (κ2) is 3.88. The number of nitrogen functional groups attached to an aromatic ring is 1. The van der Waals surface area contributed by atoms with Gasteiger partial charge < -0.3 is 10.8 Å². The van der Waals surface area contributed by atoms with Crippen molar-refractivity contribution in [3.8, 4) is 6.07 Å². The lowest BCUT2D eigenvalue weighted by atomic mass is 10.1. The van der Waals surface area contributed by atoms with Crippen LogP contribution in [0, 0.1) is 11.3 Å². The molecule has 0 unspecified atom stereocenters. The first kappa shape index (κ1) is 10.8. The SMILES string of the molecule is N#Cc1cc(N)c(C(F)F)nc1C(=O)O. The van der Waals surface area contributed by atoms with Gasteiger partial charge in [0.25, 0.3) is 6.43 Å². The summed E-state index contributed by atoms with van der Waals surface area (Å²) >= 11 is 0. The Kier molecular flexibility index (Phi) is 2.80. The maximum absolute atomic E-state index is 12.3. The average Bonchev–Trinajstić information content (AvgIpc) is 2.16. The van der Waals surface area contributed by atoms with E-state index >= 15 is 0 Å². The van der Waals surface area contributed by atoms with Gasteiger partial charge in [0.2, 0.25) is 0 Å². The molecule has 0 aliphatic heterocycles. The van der Waals surface area contributed by atoms with Crippen LogP contribution in [0.15, 0.2) is 6.07 Å². The molecule has 1 aromatic heterocycles. The van der Waals surface area contributed by atoms with Gasteiger partial charge in [-0.05, 0) is 6.07 Å². The van der Waals surface area contributed by atoms with Crippen LogP contribution in [0.3, 0.4) is 0 Å². The number of aromatic nitrogens is 1. The topological polar surface area (TPSA) is 100 Å². The minimum atomic E-state index is -2.98. The zero-order chi connectivity index (χ0) is 11.6. The highest BCUT2D eigenvalue weighted by Gasteiger charge is 2.20. The van der Waals surface area contributed by atoms with Crippen LogP contribution in [-0.2, 0) is 0 Å². The Bertz CT molecular complexity index is 454. The first-order valence-electron chi connectivity index (χ1n) is 3.69. The van der Waals surface area contributed by atoms with E-state index in [2.05, 4.69) is 4.98 Å². The number of nitrogens with two attached hydrogens (primary N) is 1. The maximum atomic E-state index is 12.3. The molecule has 0 aliphatic rings. The summed E-state index contributed by atoms with van der Waals surface area (Å²) in [6.07, 6.45) is -2.98. The van der Waals surface area contributed by atoms with Crippen molar-refractivity contribution in [3.05, 3.63) is 23.0 Å². The third-order valence-electron chi connectivity index (χ3n) is 1.61. The van der Waals surface area contributed by atoms with Gasteiger partial charge in [-0.15, -0.1) is 0 Å². The summed E-state index contributed by atoms with van der Waals surface area (Å²) in [5.41, 5.74) is 2.89. The smallest absolute Gasteiger partial charge is 0.355 e. The zero-order valence-electron chi connectivity index (χ0n) is 7.24. The third kappa shape index (κ3) is 1.99. The van der Waals surface area contributed by atoms with E-state index in [1.165, 1.54) is 6.07 Å². The number of hydrogen-bond donors (Lipinski definition) is 2. The number of rotatable bonds is 2. The van der Waals surface area contributed by atoms with Gasteiger partial charge >= 0.3 is 5.97 Å². The molecule has 0 bridgehead atoms. The summed E-state index contributed by atoms with van der Waals surface area (Å²) in [6, 6.07) is 2.39. The molecule has 0 spiro atoms. The fraction of sp³-hybridized carbons (Fsp3) is 0.125. The molecule has 78 valence electrons. The highest BCUT2D eigenvalue weighted by Crippen LogP contribution is 2.24. The highest BCUT2D eigenvalue weighted by molar-refractivity contribution is 5.89. The summed E-state index contributed by atoms with van der Waals surface area (Å²) in [7, 11) is 0. The van der Waals surface area contributed by atoms with Gasteiger partial charge in [-0.1, -0.05) is 0 Å². The summed E-state index contributed by atoms with van der Waals surface area (Å²) in [5, 5.41) is 17.1. The molecule has 0 amide bonds. The van der Waals surface area contributed by atoms with Crippen molar-refractivity contribution < 1.29 is 18.7 Å². The molecule has 0 aromatic carbocycles. The molecule has 5 nitrogen and oxygen atoms in total. The number of aromatic carboxylic acids is 1. The number of nitrogens with zero attached hydrogens (tertiary/aromatic N) is 2. The van der Waals surface area contributed by atoms with Crippen molar-refractivity contribution >= 4 is 11.7 Å². The molecule has 0 saturated carbocycles. The zero-order valence-corrected chi connectivity index (χ0v) is 7.24. The number of halogens is 2. The average molecular weight is 213 g/mol. The fourth-order valence-corrected chi connectivity index (χ4v) is 0.966. The van der Waals surface area contributed by atoms with E-state index in [4.69, 9.17) is 16.1 Å². The van der Waals surface area contributed by atoms with E-state index in [1.54, 1.807) is 0 Å². The van der Waals surface area contributed by atoms with E-state index < -0.39 is 29.5 Å². The number of hydrogen-bond acceptors (Lipinski definition) is 4. The quantitative estimate of drug-likeness (QED) is 0.767. The Morgan fingerprint density at radius 1 is 1.67 bits per heavy atom. The van der Waals surface area contributed by atoms with E-state index in [-0.39, 0.29) is 5.56 Å². The molecule has 1 rings (SSSR count). The van der Waals surface area contributed by atoms with Crippen molar-refractivity contribution in [1.29, 1.82) is 5.26 Å². The lowest BCUT2D eigenvalue weighted by Crippen LogP contribution is -2.09. The Balaban J connectivity index is 3.45. The lowest BCUT2D eigenvalue weighted by Gasteiger charge is -2.05. The Labute approximate surface area is 82.8 Å². The Morgan fingerprint density at radius 2 is 2.27 bits per heavy atom. The fourth-order valence-electron chi connectivity index (χ4n) is 0.966. The van der Waals surface area contributed by atoms with Gasteiger partial charge in [0, 0.05) is 0 Å². The molecule has 1 aromatic rings. The van der Waals surface area contributed by atoms with Gasteiger partial charge in [0.05, 0.1) is 11.3 Å². The number of anilines is 1. The van der Waals surface area contributed by atoms with Crippen LogP contribution in [0.4, 0.5) is 14.5 Å². The first-order chi connectivity index (χ1) is 6.97. The first-order valence-corrected chi connectivity index (χ1v) is 3.69. The molecule has 0 radical (unpaired) electrons. The molecular formula is C8H5F2N3O2. The van der Waals surface area contributed by atoms with Gasteiger partial charge in [-0.2, -0.15) is 5.26 Å². The number of carbonyl (C=O) groups is 1. The van der Waals surface area contributed by atoms with Crippen molar-refractivity contribution in [3.63, 3.8) is 0 Å². The highest BCUT2D eigenvalue weighted by atomic mass is 19.3. The monoisotopic (exact) mass is 213 g/mol. The minimum Gasteiger partial charge on any atom is -0.476 e. The second-order valence-electron chi connectivity index (χ2n) is 2.58. The number of carboxylic acid groups (broad SMARTS) is 1. The predicted molar refractivity (Wildman–Crippen MR) is 45.3 cm³/mol. The maximum Gasteiger partial charge on any atom is 0.355 e. The van der Waals surface area contributed by atoms with Crippen LogP contribution in [0.2, 0.25) is 0 Å². The van der Waals surface area contributed by atoms with E-state index in [1.807, 2.05) is 0 Å². The van der Waals surface area contributed by atoms with E-state index in [0.29, 0.717) is 0 Å². The number of carboxylic acids is 1. The largest absolute Gasteiger partial charge is 0.476 e. The summed E-state index contributed by atoms with van der Waals surface area (Å²) in [5.74, 6) is -1.55. The third-order valence-corrected chi connectivity index (χ3v) is 1.61. The normalized spacial score (nSPS) is 10.0. The van der Waals surface area contributed by atoms with Gasteiger partial charge in [0.15, 0.2) is 5.69 Å². The standard InChI is InChI=1S/C8H5F2N3O2/c9-7(10)6-4(12)1-3(2-11)5(13-6)8(14)15/h1,7H,12H2,(H,14,15). The van der Waals surface area contributed by atoms with E-state index in [0.717, 1.165) is 6.07 Å². The van der Waals surface area contributed by atoms with Crippen LogP contribution in [0.1, 0.15) is 28.2 Å². The molecule has 1 heterocycles. The van der Waals surface area contributed by atoms with Gasteiger partial charge in [0.1, 0.15) is 11.8 Å². The van der Waals surface area contributed by atoms with Crippen molar-refractivity contribution in [2.45, 2.75) is 6.43 Å². The van der Waals surface area contributed by atoms with Gasteiger partial charge in [-0.3, -0.25) is 0 Å². The summed E-state index contributed by atoms with van der Waals surface area (Å²) < 4.78 is 24.6. The molecule has 0 fully saturated rings. The molecule has 0 saturated heterocycles. The second-order valence-corrected chi connectivity index (χ2v) is 2.58. The summed E-state index contributed by atoms with van der Waals surface area (Å²) in [4.78, 5) is 13.7. The molecule has 7 heteroatoms. The summed E-state index contributed by atoms with van der Waals surface area (Å²) in [6.45, 7) is 0. The van der Waals surface area contributed by atoms with Crippen LogP contribution < -0.4 is 5.73 Å². The predicted octanol–water partition coefficient (Wildman–Crippen LogP) is 1.17. The van der Waals surface area contributed by atoms with Crippen molar-refractivity contribution in [2.75, 3.05) is 5.73 Å². The molecule has 15 heavy (non-hydrogen) atoms. The molecule has 0 atom stereocenters. The van der Waals surface area contributed by atoms with Crippen LogP contribution >= 0.6 is 0 Å². The minimum absolute atomic E-state index is 0.343. The van der Waals surface area contributed by atoms with Crippen LogP contribution in [0.5, 0.6) is 0 Å². The molecule has 3 N–H and O–H groups in total. The Hall–Kier alpha value is -2.23. The van der Waals surface area contributed by atoms with Crippen LogP contribution in [-0.4, -0.2) is 16.1 Å². The number of pyridine rings is 1. The van der Waals surface area contributed by atoms with E-state index in [9.17, 15) is 13.6 Å². The van der Waals surface area contributed by atoms with Crippen molar-refractivity contribution in [2.24, 2.45) is 0 Å².